The fourth-order valence-corrected chi connectivity index (χ4v) is 3.80. The van der Waals surface area contributed by atoms with Crippen molar-refractivity contribution >= 4 is 43.2 Å². The minimum Gasteiger partial charge on any atom is -0.398 e. The molecule has 0 fully saturated rings. The summed E-state index contributed by atoms with van der Waals surface area (Å²) < 4.78 is 24.3. The van der Waals surface area contributed by atoms with Crippen LogP contribution in [0.2, 0.25) is 0 Å². The van der Waals surface area contributed by atoms with Crippen LogP contribution in [-0.2, 0) is 9.84 Å². The van der Waals surface area contributed by atoms with Crippen LogP contribution >= 0.6 is 0 Å². The number of hydrogen-bond donors (Lipinski definition) is 2. The lowest BCUT2D eigenvalue weighted by Gasteiger charge is -2.13. The van der Waals surface area contributed by atoms with Crippen molar-refractivity contribution in [1.29, 1.82) is 0 Å². The molecular formula is C19H22N4O3S. The van der Waals surface area contributed by atoms with Gasteiger partial charge in [-0.15, -0.1) is 0 Å². The SMILES string of the molecule is CN(C)CCNC(=O)c1cccc2c(N)c3cccc(S(C)(=O)=O)c3nc12. The van der Waals surface area contributed by atoms with E-state index in [1.807, 2.05) is 19.0 Å². The summed E-state index contributed by atoms with van der Waals surface area (Å²) in [5, 5.41) is 4.03. The number of carbonyl (C=O) groups is 1. The van der Waals surface area contributed by atoms with Crippen LogP contribution in [-0.4, -0.2) is 57.6 Å². The number of rotatable bonds is 5. The number of sulfone groups is 1. The molecule has 27 heavy (non-hydrogen) atoms. The van der Waals surface area contributed by atoms with Gasteiger partial charge in [0, 0.05) is 30.1 Å². The topological polar surface area (TPSA) is 105 Å². The molecule has 0 saturated carbocycles. The van der Waals surface area contributed by atoms with Gasteiger partial charge in [0.15, 0.2) is 9.84 Å². The molecule has 0 unspecified atom stereocenters. The number of nitrogens with one attached hydrogen (secondary N) is 1. The molecule has 3 N–H and O–H groups in total. The lowest BCUT2D eigenvalue weighted by atomic mass is 10.0. The molecule has 3 rings (SSSR count). The number of fused-ring (bicyclic) bond motifs is 2. The van der Waals surface area contributed by atoms with E-state index in [4.69, 9.17) is 5.73 Å². The first-order chi connectivity index (χ1) is 12.7. The van der Waals surface area contributed by atoms with Gasteiger partial charge in [-0.25, -0.2) is 13.4 Å². The molecule has 0 saturated heterocycles. The monoisotopic (exact) mass is 386 g/mol. The van der Waals surface area contributed by atoms with E-state index in [0.29, 0.717) is 40.6 Å². The minimum atomic E-state index is -3.50. The van der Waals surface area contributed by atoms with E-state index in [1.165, 1.54) is 6.07 Å². The fourth-order valence-electron chi connectivity index (χ4n) is 2.96. The molecule has 0 aliphatic rings. The fraction of sp³-hybridized carbons (Fsp3) is 0.263. The van der Waals surface area contributed by atoms with Gasteiger partial charge in [-0.3, -0.25) is 4.79 Å². The highest BCUT2D eigenvalue weighted by atomic mass is 32.2. The summed E-state index contributed by atoms with van der Waals surface area (Å²) in [6.07, 6.45) is 1.13. The number of aromatic nitrogens is 1. The normalized spacial score (nSPS) is 12.0. The number of nitrogen functional groups attached to an aromatic ring is 1. The van der Waals surface area contributed by atoms with Gasteiger partial charge in [-0.2, -0.15) is 0 Å². The zero-order chi connectivity index (χ0) is 19.8. The molecule has 1 heterocycles. The Morgan fingerprint density at radius 3 is 2.37 bits per heavy atom. The summed E-state index contributed by atoms with van der Waals surface area (Å²) in [5.74, 6) is -0.273. The third kappa shape index (κ3) is 3.72. The van der Waals surface area contributed by atoms with Crippen molar-refractivity contribution in [2.45, 2.75) is 4.90 Å². The maximum absolute atomic E-state index is 12.6. The van der Waals surface area contributed by atoms with E-state index in [0.717, 1.165) is 6.26 Å². The maximum Gasteiger partial charge on any atom is 0.253 e. The molecule has 0 spiro atoms. The number of nitrogens with zero attached hydrogens (tertiary/aromatic N) is 2. The molecule has 3 aromatic rings. The Labute approximate surface area is 158 Å². The first kappa shape index (κ1) is 19.1. The first-order valence-corrected chi connectivity index (χ1v) is 10.3. The van der Waals surface area contributed by atoms with Crippen molar-refractivity contribution in [2.24, 2.45) is 0 Å². The Hall–Kier alpha value is -2.71. The van der Waals surface area contributed by atoms with E-state index in [2.05, 4.69) is 10.3 Å². The van der Waals surface area contributed by atoms with Gasteiger partial charge in [0.05, 0.1) is 27.2 Å². The van der Waals surface area contributed by atoms with Crippen LogP contribution in [0.4, 0.5) is 5.69 Å². The van der Waals surface area contributed by atoms with Gasteiger partial charge in [-0.05, 0) is 26.2 Å². The lowest BCUT2D eigenvalue weighted by molar-refractivity contribution is 0.0952. The van der Waals surface area contributed by atoms with E-state index in [1.54, 1.807) is 30.3 Å². The molecule has 0 radical (unpaired) electrons. The van der Waals surface area contributed by atoms with Gasteiger partial charge < -0.3 is 16.0 Å². The van der Waals surface area contributed by atoms with Crippen molar-refractivity contribution in [3.63, 3.8) is 0 Å². The summed E-state index contributed by atoms with van der Waals surface area (Å²) in [6.45, 7) is 1.19. The second-order valence-corrected chi connectivity index (χ2v) is 8.70. The Kier molecular flexibility index (Phi) is 5.03. The Morgan fingerprint density at radius 1 is 1.11 bits per heavy atom. The molecule has 2 aromatic carbocycles. The van der Waals surface area contributed by atoms with Crippen molar-refractivity contribution in [2.75, 3.05) is 39.2 Å². The number of pyridine rings is 1. The highest BCUT2D eigenvalue weighted by Gasteiger charge is 2.19. The third-order valence-electron chi connectivity index (χ3n) is 4.33. The van der Waals surface area contributed by atoms with Crippen LogP contribution in [0.1, 0.15) is 10.4 Å². The molecule has 0 bridgehead atoms. The molecule has 0 aliphatic heterocycles. The highest BCUT2D eigenvalue weighted by Crippen LogP contribution is 2.32. The van der Waals surface area contributed by atoms with E-state index in [9.17, 15) is 13.2 Å². The van der Waals surface area contributed by atoms with Crippen molar-refractivity contribution in [1.82, 2.24) is 15.2 Å². The number of carbonyl (C=O) groups excluding carboxylic acids is 1. The average molecular weight is 386 g/mol. The largest absolute Gasteiger partial charge is 0.398 e. The molecule has 7 nitrogen and oxygen atoms in total. The summed E-state index contributed by atoms with van der Waals surface area (Å²) in [5.41, 5.74) is 7.74. The van der Waals surface area contributed by atoms with Crippen LogP contribution in [0, 0.1) is 0 Å². The molecule has 1 amide bonds. The zero-order valence-corrected chi connectivity index (χ0v) is 16.3. The third-order valence-corrected chi connectivity index (χ3v) is 5.46. The lowest BCUT2D eigenvalue weighted by Crippen LogP contribution is -2.31. The van der Waals surface area contributed by atoms with Crippen LogP contribution in [0.25, 0.3) is 21.8 Å². The molecule has 8 heteroatoms. The van der Waals surface area contributed by atoms with Gasteiger partial charge in [0.2, 0.25) is 0 Å². The smallest absolute Gasteiger partial charge is 0.253 e. The van der Waals surface area contributed by atoms with Crippen molar-refractivity contribution in [3.05, 3.63) is 42.0 Å². The zero-order valence-electron chi connectivity index (χ0n) is 15.5. The molecule has 0 aliphatic carbocycles. The van der Waals surface area contributed by atoms with Crippen LogP contribution < -0.4 is 11.1 Å². The number of para-hydroxylation sites is 2. The predicted octanol–water partition coefficient (Wildman–Crippen LogP) is 1.67. The Morgan fingerprint density at radius 2 is 1.74 bits per heavy atom. The second-order valence-electron chi connectivity index (χ2n) is 6.71. The van der Waals surface area contributed by atoms with E-state index in [-0.39, 0.29) is 16.3 Å². The maximum atomic E-state index is 12.6. The second kappa shape index (κ2) is 7.13. The Bertz CT molecular complexity index is 1140. The standard InChI is InChI=1S/C19H22N4O3S/c1-23(2)11-10-21-19(24)14-8-4-6-12-16(20)13-7-5-9-15(27(3,25)26)18(13)22-17(12)14/h4-9H,10-11H2,1-3H3,(H2,20,22)(H,21,24). The average Bonchev–Trinajstić information content (AvgIpc) is 2.60. The van der Waals surface area contributed by atoms with Gasteiger partial charge in [0.25, 0.3) is 5.91 Å². The molecular weight excluding hydrogens is 364 g/mol. The minimum absolute atomic E-state index is 0.0939. The summed E-state index contributed by atoms with van der Waals surface area (Å²) in [7, 11) is 0.348. The quantitative estimate of drug-likeness (QED) is 0.646. The first-order valence-electron chi connectivity index (χ1n) is 8.44. The number of anilines is 1. The van der Waals surface area contributed by atoms with Crippen molar-refractivity contribution < 1.29 is 13.2 Å². The number of likely N-dealkylation sites (N-methyl/N-ethyl adjacent to an activating group) is 1. The Balaban J connectivity index is 2.21. The summed E-state index contributed by atoms with van der Waals surface area (Å²) >= 11 is 0. The van der Waals surface area contributed by atoms with Crippen LogP contribution in [0.15, 0.2) is 41.3 Å². The van der Waals surface area contributed by atoms with Gasteiger partial charge in [0.1, 0.15) is 0 Å². The van der Waals surface area contributed by atoms with Crippen molar-refractivity contribution in [3.8, 4) is 0 Å². The number of amides is 1. The van der Waals surface area contributed by atoms with E-state index >= 15 is 0 Å². The number of benzene rings is 2. The highest BCUT2D eigenvalue weighted by molar-refractivity contribution is 7.91. The molecule has 0 atom stereocenters. The number of hydrogen-bond acceptors (Lipinski definition) is 6. The van der Waals surface area contributed by atoms with Crippen LogP contribution in [0.5, 0.6) is 0 Å². The summed E-state index contributed by atoms with van der Waals surface area (Å²) in [4.78, 5) is 19.2. The van der Waals surface area contributed by atoms with Gasteiger partial charge in [-0.1, -0.05) is 24.3 Å². The van der Waals surface area contributed by atoms with E-state index < -0.39 is 9.84 Å². The van der Waals surface area contributed by atoms with Gasteiger partial charge >= 0.3 is 0 Å². The predicted molar refractivity (Wildman–Crippen MR) is 108 cm³/mol. The van der Waals surface area contributed by atoms with Crippen LogP contribution in [0.3, 0.4) is 0 Å². The summed E-state index contributed by atoms with van der Waals surface area (Å²) in [6, 6.07) is 10.1. The number of nitrogens with two attached hydrogens (primary N) is 1. The molecule has 1 aromatic heterocycles. The molecule has 142 valence electrons.